The molecule has 3 aromatic carbocycles. The molecule has 176 valence electrons. The van der Waals surface area contributed by atoms with E-state index in [1.54, 1.807) is 36.4 Å². The third-order valence-corrected chi connectivity index (χ3v) is 6.85. The van der Waals surface area contributed by atoms with Crippen LogP contribution in [-0.4, -0.2) is 16.8 Å². The first-order valence-electron chi connectivity index (χ1n) is 10.6. The molecule has 0 saturated heterocycles. The van der Waals surface area contributed by atoms with Gasteiger partial charge in [0, 0.05) is 23.2 Å². The monoisotopic (exact) mass is 548 g/mol. The summed E-state index contributed by atoms with van der Waals surface area (Å²) in [5, 5.41) is 15.8. The van der Waals surface area contributed by atoms with Gasteiger partial charge in [0.2, 0.25) is 11.8 Å². The molecule has 0 fully saturated rings. The third-order valence-electron chi connectivity index (χ3n) is 5.35. The molecule has 2 N–H and O–H groups in total. The molecule has 7 nitrogen and oxygen atoms in total. The number of amides is 2. The van der Waals surface area contributed by atoms with Crippen LogP contribution in [0.1, 0.15) is 31.9 Å². The fraction of sp³-hybridized carbons (Fsp3) is 0.154. The molecule has 0 aliphatic rings. The van der Waals surface area contributed by atoms with Gasteiger partial charge in [0.15, 0.2) is 5.13 Å². The van der Waals surface area contributed by atoms with Crippen LogP contribution in [0.5, 0.6) is 11.5 Å². The van der Waals surface area contributed by atoms with Gasteiger partial charge >= 0.3 is 0 Å². The molecule has 0 aliphatic carbocycles. The number of ether oxygens (including phenoxy) is 1. The maximum atomic E-state index is 13.1. The van der Waals surface area contributed by atoms with E-state index in [1.165, 1.54) is 18.3 Å². The van der Waals surface area contributed by atoms with Crippen molar-refractivity contribution in [3.05, 3.63) is 76.3 Å². The Morgan fingerprint density at radius 3 is 2.57 bits per heavy atom. The molecule has 0 aliphatic heterocycles. The average Bonchev–Trinajstić information content (AvgIpc) is 3.21. The second-order valence-corrected chi connectivity index (χ2v) is 10.2. The molecule has 0 saturated carbocycles. The highest BCUT2D eigenvalue weighted by Crippen LogP contribution is 2.36. The minimum absolute atomic E-state index is 0.165. The van der Waals surface area contributed by atoms with Gasteiger partial charge in [-0.05, 0) is 55.8 Å². The summed E-state index contributed by atoms with van der Waals surface area (Å²) in [7, 11) is 0. The molecular formula is C26H21BrN4O3S. The van der Waals surface area contributed by atoms with Gasteiger partial charge in [-0.3, -0.25) is 9.59 Å². The number of hydrogen-bond acceptors (Lipinski definition) is 6. The van der Waals surface area contributed by atoms with Gasteiger partial charge in [-0.25, -0.2) is 4.98 Å². The number of nitrogens with zero attached hydrogens (tertiary/aromatic N) is 2. The number of benzene rings is 3. The number of anilines is 2. The first-order chi connectivity index (χ1) is 16.7. The van der Waals surface area contributed by atoms with Crippen molar-refractivity contribution in [1.29, 1.82) is 5.26 Å². The van der Waals surface area contributed by atoms with E-state index >= 15 is 0 Å². The summed E-state index contributed by atoms with van der Waals surface area (Å²) in [6.07, 6.45) is 0. The second-order valence-electron chi connectivity index (χ2n) is 8.32. The lowest BCUT2D eigenvalue weighted by Gasteiger charge is -2.24. The predicted octanol–water partition coefficient (Wildman–Crippen LogP) is 6.60. The highest BCUT2D eigenvalue weighted by atomic mass is 79.9. The van der Waals surface area contributed by atoms with Crippen molar-refractivity contribution >= 4 is 60.1 Å². The molecule has 4 rings (SSSR count). The van der Waals surface area contributed by atoms with Crippen molar-refractivity contribution in [2.45, 2.75) is 26.2 Å². The zero-order valence-electron chi connectivity index (χ0n) is 19.2. The van der Waals surface area contributed by atoms with Crippen molar-refractivity contribution in [1.82, 2.24) is 4.98 Å². The molecule has 0 bridgehead atoms. The maximum absolute atomic E-state index is 13.1. The van der Waals surface area contributed by atoms with E-state index in [4.69, 9.17) is 4.74 Å². The summed E-state index contributed by atoms with van der Waals surface area (Å²) in [6, 6.07) is 20.2. The molecular weight excluding hydrogens is 528 g/mol. The van der Waals surface area contributed by atoms with Crippen LogP contribution in [0, 0.1) is 11.3 Å². The van der Waals surface area contributed by atoms with Crippen molar-refractivity contribution in [3.63, 3.8) is 0 Å². The Kier molecular flexibility index (Phi) is 6.87. The van der Waals surface area contributed by atoms with Crippen LogP contribution in [0.15, 0.2) is 65.1 Å². The molecule has 35 heavy (non-hydrogen) atoms. The van der Waals surface area contributed by atoms with E-state index in [1.807, 2.05) is 38.1 Å². The summed E-state index contributed by atoms with van der Waals surface area (Å²) in [4.78, 5) is 28.8. The largest absolute Gasteiger partial charge is 0.456 e. The smallest absolute Gasteiger partial charge is 0.234 e. The fourth-order valence-corrected chi connectivity index (χ4v) is 4.83. The number of nitriles is 1. The zero-order chi connectivity index (χ0) is 25.2. The molecule has 0 radical (unpaired) electrons. The van der Waals surface area contributed by atoms with Crippen LogP contribution in [0.3, 0.4) is 0 Å². The Bertz CT molecular complexity index is 1490. The van der Waals surface area contributed by atoms with Crippen molar-refractivity contribution < 1.29 is 14.3 Å². The van der Waals surface area contributed by atoms with Gasteiger partial charge in [-0.2, -0.15) is 5.26 Å². The molecule has 0 atom stereocenters. The summed E-state index contributed by atoms with van der Waals surface area (Å²) in [6.45, 7) is 5.13. The lowest BCUT2D eigenvalue weighted by Crippen LogP contribution is -2.34. The molecule has 2 amide bonds. The van der Waals surface area contributed by atoms with Crippen LogP contribution in [0.2, 0.25) is 0 Å². The van der Waals surface area contributed by atoms with Crippen molar-refractivity contribution in [2.75, 3.05) is 10.6 Å². The Morgan fingerprint density at radius 1 is 1.09 bits per heavy atom. The minimum atomic E-state index is -0.766. The Balaban J connectivity index is 1.57. The standard InChI is InChI=1S/C26H21BrN4O3S/c1-15(32)29-25-31-21-10-11-22(20(14-28)23(21)35-25)34-19-9-5-8-18(13-19)30-24(33)26(2,3)16-6-4-7-17(27)12-16/h4-13H,1-3H3,(H,30,33)(H,29,31,32). The second kappa shape index (κ2) is 9.86. The highest BCUT2D eigenvalue weighted by molar-refractivity contribution is 9.10. The fourth-order valence-electron chi connectivity index (χ4n) is 3.43. The number of thiazole rings is 1. The van der Waals surface area contributed by atoms with Crippen molar-refractivity contribution in [2.24, 2.45) is 0 Å². The van der Waals surface area contributed by atoms with E-state index in [2.05, 4.69) is 37.6 Å². The van der Waals surface area contributed by atoms with Crippen LogP contribution in [0.4, 0.5) is 10.8 Å². The SMILES string of the molecule is CC(=O)Nc1nc2ccc(Oc3cccc(NC(=O)C(C)(C)c4cccc(Br)c4)c3)c(C#N)c2s1. The van der Waals surface area contributed by atoms with Gasteiger partial charge in [-0.1, -0.05) is 45.5 Å². The normalized spacial score (nSPS) is 11.1. The summed E-state index contributed by atoms with van der Waals surface area (Å²) < 4.78 is 7.54. The number of aromatic nitrogens is 1. The van der Waals surface area contributed by atoms with Gasteiger partial charge in [0.1, 0.15) is 23.1 Å². The molecule has 1 heterocycles. The summed E-state index contributed by atoms with van der Waals surface area (Å²) >= 11 is 4.67. The lowest BCUT2D eigenvalue weighted by atomic mass is 9.83. The summed E-state index contributed by atoms with van der Waals surface area (Å²) in [5.74, 6) is 0.421. The van der Waals surface area contributed by atoms with Crippen molar-refractivity contribution in [3.8, 4) is 17.6 Å². The topological polar surface area (TPSA) is 104 Å². The first kappa shape index (κ1) is 24.4. The van der Waals surface area contributed by atoms with Crippen LogP contribution < -0.4 is 15.4 Å². The van der Waals surface area contributed by atoms with E-state index < -0.39 is 5.41 Å². The predicted molar refractivity (Wildman–Crippen MR) is 141 cm³/mol. The quantitative estimate of drug-likeness (QED) is 0.282. The maximum Gasteiger partial charge on any atom is 0.234 e. The third kappa shape index (κ3) is 5.34. The molecule has 4 aromatic rings. The first-order valence-corrected chi connectivity index (χ1v) is 12.2. The Morgan fingerprint density at radius 2 is 1.86 bits per heavy atom. The lowest BCUT2D eigenvalue weighted by molar-refractivity contribution is -0.120. The minimum Gasteiger partial charge on any atom is -0.456 e. The van der Waals surface area contributed by atoms with Gasteiger partial charge in [0.05, 0.1) is 15.6 Å². The van der Waals surface area contributed by atoms with Crippen LogP contribution in [-0.2, 0) is 15.0 Å². The number of hydrogen-bond donors (Lipinski definition) is 2. The van der Waals surface area contributed by atoms with E-state index in [0.29, 0.717) is 38.1 Å². The van der Waals surface area contributed by atoms with Crippen LogP contribution in [0.25, 0.3) is 10.2 Å². The molecule has 9 heteroatoms. The van der Waals surface area contributed by atoms with Crippen LogP contribution >= 0.6 is 27.3 Å². The van der Waals surface area contributed by atoms with Gasteiger partial charge in [0.25, 0.3) is 0 Å². The number of carbonyl (C=O) groups excluding carboxylic acids is 2. The number of halogens is 1. The van der Waals surface area contributed by atoms with Gasteiger partial charge in [-0.15, -0.1) is 0 Å². The Labute approximate surface area is 214 Å². The van der Waals surface area contributed by atoms with Gasteiger partial charge < -0.3 is 15.4 Å². The highest BCUT2D eigenvalue weighted by Gasteiger charge is 2.30. The number of nitrogens with one attached hydrogen (secondary N) is 2. The van der Waals surface area contributed by atoms with E-state index in [9.17, 15) is 14.9 Å². The molecule has 1 aromatic heterocycles. The average molecular weight is 549 g/mol. The number of fused-ring (bicyclic) bond motifs is 1. The van der Waals surface area contributed by atoms with E-state index in [0.717, 1.165) is 10.0 Å². The van der Waals surface area contributed by atoms with E-state index in [-0.39, 0.29) is 11.8 Å². The zero-order valence-corrected chi connectivity index (χ0v) is 21.6. The molecule has 0 spiro atoms. The number of carbonyl (C=O) groups is 2. The molecule has 0 unspecified atom stereocenters. The summed E-state index contributed by atoms with van der Waals surface area (Å²) in [5.41, 5.74) is 1.60. The number of rotatable bonds is 6. The Hall–Kier alpha value is -3.74.